The van der Waals surface area contributed by atoms with E-state index < -0.39 is 0 Å². The summed E-state index contributed by atoms with van der Waals surface area (Å²) in [6.07, 6.45) is 4.27. The van der Waals surface area contributed by atoms with Gasteiger partial charge in [-0.3, -0.25) is 4.98 Å². The van der Waals surface area contributed by atoms with Gasteiger partial charge in [-0.15, -0.1) is 11.3 Å². The molecule has 1 N–H and O–H groups in total. The lowest BCUT2D eigenvalue weighted by atomic mass is 10.0. The average molecular weight is 359 g/mol. The number of thiophene rings is 1. The largest absolute Gasteiger partial charge is 0.488 e. The third-order valence-corrected chi connectivity index (χ3v) is 5.51. The van der Waals surface area contributed by atoms with E-state index in [-0.39, 0.29) is 6.10 Å². The molecule has 124 valence electrons. The number of halogens is 1. The highest BCUT2D eigenvalue weighted by atomic mass is 35.5. The fourth-order valence-electron chi connectivity index (χ4n) is 3.26. The molecule has 3 aromatic rings. The van der Waals surface area contributed by atoms with Crippen LogP contribution in [0.5, 0.6) is 5.75 Å². The second-order valence-electron chi connectivity index (χ2n) is 6.18. The maximum atomic E-state index is 6.39. The Bertz CT molecular complexity index is 871. The molecular formula is C19H19ClN2OS. The monoisotopic (exact) mass is 358 g/mol. The first-order chi connectivity index (χ1) is 11.7. The molecule has 0 spiro atoms. The highest BCUT2D eigenvalue weighted by Crippen LogP contribution is 2.39. The summed E-state index contributed by atoms with van der Waals surface area (Å²) < 4.78 is 7.62. The van der Waals surface area contributed by atoms with Gasteiger partial charge in [0.15, 0.2) is 0 Å². The maximum absolute atomic E-state index is 6.39. The van der Waals surface area contributed by atoms with Gasteiger partial charge < -0.3 is 10.1 Å². The minimum atomic E-state index is 0.194. The van der Waals surface area contributed by atoms with Gasteiger partial charge in [0, 0.05) is 33.4 Å². The van der Waals surface area contributed by atoms with Crippen LogP contribution in [-0.4, -0.2) is 24.2 Å². The second-order valence-corrected chi connectivity index (χ2v) is 7.56. The van der Waals surface area contributed by atoms with Gasteiger partial charge in [0.1, 0.15) is 11.9 Å². The zero-order chi connectivity index (χ0) is 16.5. The smallest absolute Gasteiger partial charge is 0.132 e. The van der Waals surface area contributed by atoms with Gasteiger partial charge in [0.2, 0.25) is 0 Å². The molecule has 2 aromatic heterocycles. The molecule has 3 nitrogen and oxygen atoms in total. The standard InChI is InChI=1S/C19H19ClN2OS/c1-12-9-13(20)10-16(19(12)23-14-3-2-6-21-11-14)18-15-5-8-24-17(15)4-7-22-18/h4-5,7-10,14,21H,2-3,6,11H2,1H3/t14-/m0/s1. The molecule has 1 atom stereocenters. The normalized spacial score (nSPS) is 18.0. The molecule has 0 saturated carbocycles. The fourth-order valence-corrected chi connectivity index (χ4v) is 4.31. The number of hydrogen-bond acceptors (Lipinski definition) is 4. The van der Waals surface area contributed by atoms with E-state index in [0.29, 0.717) is 5.02 Å². The van der Waals surface area contributed by atoms with Gasteiger partial charge in [-0.2, -0.15) is 0 Å². The number of aryl methyl sites for hydroxylation is 1. The summed E-state index contributed by atoms with van der Waals surface area (Å²) in [6.45, 7) is 4.01. The van der Waals surface area contributed by atoms with E-state index >= 15 is 0 Å². The van der Waals surface area contributed by atoms with Crippen molar-refractivity contribution in [1.29, 1.82) is 0 Å². The van der Waals surface area contributed by atoms with Crippen LogP contribution in [0.15, 0.2) is 35.8 Å². The molecular weight excluding hydrogens is 340 g/mol. The topological polar surface area (TPSA) is 34.1 Å². The summed E-state index contributed by atoms with van der Waals surface area (Å²) in [5.41, 5.74) is 2.98. The molecule has 1 fully saturated rings. The van der Waals surface area contributed by atoms with Crippen molar-refractivity contribution in [2.45, 2.75) is 25.9 Å². The number of piperidine rings is 1. The Morgan fingerprint density at radius 2 is 2.25 bits per heavy atom. The first-order valence-electron chi connectivity index (χ1n) is 8.22. The summed E-state index contributed by atoms with van der Waals surface area (Å²) in [5.74, 6) is 0.902. The number of hydrogen-bond donors (Lipinski definition) is 1. The van der Waals surface area contributed by atoms with Crippen LogP contribution in [-0.2, 0) is 0 Å². The summed E-state index contributed by atoms with van der Waals surface area (Å²) in [7, 11) is 0. The fraction of sp³-hybridized carbons (Fsp3) is 0.316. The molecule has 1 aliphatic heterocycles. The highest BCUT2D eigenvalue weighted by molar-refractivity contribution is 7.17. The summed E-state index contributed by atoms with van der Waals surface area (Å²) in [6, 6.07) is 8.10. The molecule has 4 rings (SSSR count). The molecule has 1 aromatic carbocycles. The van der Waals surface area contributed by atoms with Crippen LogP contribution in [0.2, 0.25) is 5.02 Å². The van der Waals surface area contributed by atoms with Crippen molar-refractivity contribution in [2.24, 2.45) is 0 Å². The Morgan fingerprint density at radius 1 is 1.33 bits per heavy atom. The predicted octanol–water partition coefficient (Wildman–Crippen LogP) is 5.06. The summed E-state index contributed by atoms with van der Waals surface area (Å²) >= 11 is 8.07. The van der Waals surface area contributed by atoms with E-state index in [1.807, 2.05) is 24.4 Å². The molecule has 5 heteroatoms. The number of pyridine rings is 1. The number of aromatic nitrogens is 1. The van der Waals surface area contributed by atoms with Crippen molar-refractivity contribution in [3.8, 4) is 17.0 Å². The molecule has 0 amide bonds. The zero-order valence-corrected chi connectivity index (χ0v) is 15.1. The number of ether oxygens (including phenoxy) is 1. The van der Waals surface area contributed by atoms with E-state index in [2.05, 4.69) is 28.7 Å². The van der Waals surface area contributed by atoms with Crippen molar-refractivity contribution in [1.82, 2.24) is 10.3 Å². The van der Waals surface area contributed by atoms with Crippen LogP contribution < -0.4 is 10.1 Å². The van der Waals surface area contributed by atoms with Gasteiger partial charge in [-0.25, -0.2) is 0 Å². The summed E-state index contributed by atoms with van der Waals surface area (Å²) in [5, 5.41) is 7.36. The second kappa shape index (κ2) is 6.71. The van der Waals surface area contributed by atoms with E-state index in [1.54, 1.807) is 11.3 Å². The van der Waals surface area contributed by atoms with E-state index in [9.17, 15) is 0 Å². The SMILES string of the molecule is Cc1cc(Cl)cc(-c2nccc3sccc23)c1O[C@H]1CCCNC1. The van der Waals surface area contributed by atoms with Crippen molar-refractivity contribution in [3.05, 3.63) is 46.4 Å². The Hall–Kier alpha value is -1.62. The molecule has 1 aliphatic rings. The Morgan fingerprint density at radius 3 is 3.08 bits per heavy atom. The van der Waals surface area contributed by atoms with Crippen LogP contribution in [0, 0.1) is 6.92 Å². The Kier molecular flexibility index (Phi) is 4.44. The van der Waals surface area contributed by atoms with E-state index in [1.165, 1.54) is 4.70 Å². The van der Waals surface area contributed by atoms with E-state index in [0.717, 1.165) is 53.9 Å². The van der Waals surface area contributed by atoms with Crippen LogP contribution in [0.1, 0.15) is 18.4 Å². The van der Waals surface area contributed by atoms with E-state index in [4.69, 9.17) is 16.3 Å². The Balaban J connectivity index is 1.83. The first-order valence-corrected chi connectivity index (χ1v) is 9.48. The summed E-state index contributed by atoms with van der Waals surface area (Å²) in [4.78, 5) is 4.64. The molecule has 0 radical (unpaired) electrons. The van der Waals surface area contributed by atoms with Gasteiger partial charge in [-0.1, -0.05) is 11.6 Å². The van der Waals surface area contributed by atoms with Crippen LogP contribution in [0.25, 0.3) is 21.3 Å². The van der Waals surface area contributed by atoms with Crippen molar-refractivity contribution >= 4 is 33.0 Å². The van der Waals surface area contributed by atoms with Crippen molar-refractivity contribution < 1.29 is 4.74 Å². The molecule has 1 saturated heterocycles. The first kappa shape index (κ1) is 15.9. The average Bonchev–Trinajstić information content (AvgIpc) is 3.07. The van der Waals surface area contributed by atoms with Crippen molar-refractivity contribution in [2.75, 3.05) is 13.1 Å². The lowest BCUT2D eigenvalue weighted by Crippen LogP contribution is -2.37. The lowest BCUT2D eigenvalue weighted by Gasteiger charge is -2.26. The molecule has 24 heavy (non-hydrogen) atoms. The number of nitrogens with zero attached hydrogens (tertiary/aromatic N) is 1. The quantitative estimate of drug-likeness (QED) is 0.710. The Labute approximate surface area is 150 Å². The zero-order valence-electron chi connectivity index (χ0n) is 13.5. The molecule has 0 unspecified atom stereocenters. The number of benzene rings is 1. The van der Waals surface area contributed by atoms with Crippen molar-refractivity contribution in [3.63, 3.8) is 0 Å². The number of fused-ring (bicyclic) bond motifs is 1. The highest BCUT2D eigenvalue weighted by Gasteiger charge is 2.20. The minimum absolute atomic E-state index is 0.194. The third kappa shape index (κ3) is 3.02. The predicted molar refractivity (Wildman–Crippen MR) is 101 cm³/mol. The molecule has 0 aliphatic carbocycles. The van der Waals surface area contributed by atoms with Gasteiger partial charge in [0.05, 0.1) is 5.69 Å². The van der Waals surface area contributed by atoms with Gasteiger partial charge in [-0.05, 0) is 61.5 Å². The molecule has 3 heterocycles. The lowest BCUT2D eigenvalue weighted by molar-refractivity contribution is 0.167. The molecule has 0 bridgehead atoms. The number of nitrogens with one attached hydrogen (secondary N) is 1. The third-order valence-electron chi connectivity index (χ3n) is 4.41. The van der Waals surface area contributed by atoms with Gasteiger partial charge >= 0.3 is 0 Å². The van der Waals surface area contributed by atoms with Crippen LogP contribution in [0.4, 0.5) is 0 Å². The maximum Gasteiger partial charge on any atom is 0.132 e. The van der Waals surface area contributed by atoms with Gasteiger partial charge in [0.25, 0.3) is 0 Å². The minimum Gasteiger partial charge on any atom is -0.488 e. The number of rotatable bonds is 3. The van der Waals surface area contributed by atoms with Crippen LogP contribution in [0.3, 0.4) is 0 Å². The van der Waals surface area contributed by atoms with Crippen LogP contribution >= 0.6 is 22.9 Å².